The van der Waals surface area contributed by atoms with Crippen LogP contribution >= 0.6 is 0 Å². The standard InChI is InChI=1S/C19H18F3N3O4S/c1-30(27,28)17(18(23)26)9-13-8-16(25-29-13)12-4-2-11(3-5-12)14-6-7-24-10-15(14)19(20,21)22/h2-7,10,13,17H,8-9H2,1H3,(H2,23,26)/t13-,17?/m1/s1. The van der Waals surface area contributed by atoms with Crippen molar-refractivity contribution >= 4 is 21.5 Å². The highest BCUT2D eigenvalue weighted by Crippen LogP contribution is 2.36. The summed E-state index contributed by atoms with van der Waals surface area (Å²) in [4.78, 5) is 20.2. The number of halogens is 3. The minimum absolute atomic E-state index is 0.00369. The molecule has 0 bridgehead atoms. The molecule has 7 nitrogen and oxygen atoms in total. The number of aromatic nitrogens is 1. The lowest BCUT2D eigenvalue weighted by molar-refractivity contribution is -0.137. The lowest BCUT2D eigenvalue weighted by Crippen LogP contribution is -2.38. The van der Waals surface area contributed by atoms with Crippen molar-refractivity contribution in [1.29, 1.82) is 0 Å². The summed E-state index contributed by atoms with van der Waals surface area (Å²) in [5.41, 5.74) is 5.80. The average molecular weight is 441 g/mol. The summed E-state index contributed by atoms with van der Waals surface area (Å²) in [6, 6.07) is 7.54. The third-order valence-electron chi connectivity index (χ3n) is 4.70. The first-order valence-electron chi connectivity index (χ1n) is 8.79. The lowest BCUT2D eigenvalue weighted by atomic mass is 9.97. The van der Waals surface area contributed by atoms with E-state index < -0.39 is 38.8 Å². The zero-order chi connectivity index (χ0) is 22.1. The zero-order valence-corrected chi connectivity index (χ0v) is 16.6. The van der Waals surface area contributed by atoms with Gasteiger partial charge in [-0.1, -0.05) is 29.4 Å². The number of oxime groups is 1. The fourth-order valence-corrected chi connectivity index (χ4v) is 4.17. The zero-order valence-electron chi connectivity index (χ0n) is 15.8. The number of nitrogens with two attached hydrogens (primary N) is 1. The van der Waals surface area contributed by atoms with Crippen LogP contribution in [0, 0.1) is 0 Å². The molecule has 1 aromatic carbocycles. The molecule has 2 aromatic rings. The van der Waals surface area contributed by atoms with E-state index in [2.05, 4.69) is 10.1 Å². The van der Waals surface area contributed by atoms with Crippen LogP contribution in [0.2, 0.25) is 0 Å². The Morgan fingerprint density at radius 2 is 1.87 bits per heavy atom. The number of carbonyl (C=O) groups is 1. The van der Waals surface area contributed by atoms with Crippen LogP contribution < -0.4 is 5.73 Å². The predicted octanol–water partition coefficient (Wildman–Crippen LogP) is 2.55. The average Bonchev–Trinajstić information content (AvgIpc) is 3.13. The van der Waals surface area contributed by atoms with Crippen molar-refractivity contribution in [2.75, 3.05) is 6.26 Å². The van der Waals surface area contributed by atoms with Crippen LogP contribution in [0.4, 0.5) is 13.2 Å². The van der Waals surface area contributed by atoms with Crippen LogP contribution in [-0.2, 0) is 25.6 Å². The minimum atomic E-state index is -4.53. The number of nitrogens with zero attached hydrogens (tertiary/aromatic N) is 2. The highest BCUT2D eigenvalue weighted by molar-refractivity contribution is 7.92. The molecule has 11 heteroatoms. The first kappa shape index (κ1) is 21.8. The van der Waals surface area contributed by atoms with E-state index >= 15 is 0 Å². The molecular weight excluding hydrogens is 423 g/mol. The molecule has 0 aliphatic carbocycles. The maximum Gasteiger partial charge on any atom is 0.418 e. The Hall–Kier alpha value is -2.95. The van der Waals surface area contributed by atoms with E-state index in [-0.39, 0.29) is 18.4 Å². The molecule has 0 saturated carbocycles. The van der Waals surface area contributed by atoms with E-state index in [9.17, 15) is 26.4 Å². The molecule has 0 saturated heterocycles. The number of alkyl halides is 3. The van der Waals surface area contributed by atoms with Crippen molar-refractivity contribution < 1.29 is 31.2 Å². The van der Waals surface area contributed by atoms with Gasteiger partial charge in [-0.15, -0.1) is 0 Å². The fourth-order valence-electron chi connectivity index (χ4n) is 3.18. The second kappa shape index (κ2) is 8.05. The molecule has 3 rings (SSSR count). The third kappa shape index (κ3) is 4.78. The van der Waals surface area contributed by atoms with Gasteiger partial charge in [0.1, 0.15) is 11.4 Å². The molecular formula is C19H18F3N3O4S. The Balaban J connectivity index is 1.75. The fraction of sp³-hybridized carbons (Fsp3) is 0.316. The molecule has 1 aromatic heterocycles. The van der Waals surface area contributed by atoms with Crippen LogP contribution in [0.25, 0.3) is 11.1 Å². The predicted molar refractivity (Wildman–Crippen MR) is 103 cm³/mol. The van der Waals surface area contributed by atoms with Crippen LogP contribution in [0.5, 0.6) is 0 Å². The van der Waals surface area contributed by atoms with Gasteiger partial charge in [0.25, 0.3) is 0 Å². The highest BCUT2D eigenvalue weighted by Gasteiger charge is 2.35. The van der Waals surface area contributed by atoms with Gasteiger partial charge in [0.05, 0.1) is 11.3 Å². The van der Waals surface area contributed by atoms with Crippen molar-refractivity contribution in [3.8, 4) is 11.1 Å². The Morgan fingerprint density at radius 3 is 2.43 bits per heavy atom. The topological polar surface area (TPSA) is 112 Å². The number of hydrogen-bond acceptors (Lipinski definition) is 6. The third-order valence-corrected chi connectivity index (χ3v) is 6.16. The molecule has 1 aliphatic heterocycles. The molecule has 1 aliphatic rings. The lowest BCUT2D eigenvalue weighted by Gasteiger charge is -2.14. The van der Waals surface area contributed by atoms with Gasteiger partial charge in [-0.25, -0.2) is 8.42 Å². The monoisotopic (exact) mass is 441 g/mol. The number of sulfone groups is 1. The maximum atomic E-state index is 13.2. The Kier molecular flexibility index (Phi) is 5.84. The normalized spacial score (nSPS) is 17.9. The molecule has 1 unspecified atom stereocenters. The summed E-state index contributed by atoms with van der Waals surface area (Å²) in [5.74, 6) is -0.961. The molecule has 0 spiro atoms. The van der Waals surface area contributed by atoms with Gasteiger partial charge in [-0.2, -0.15) is 13.2 Å². The van der Waals surface area contributed by atoms with Gasteiger partial charge < -0.3 is 10.6 Å². The Labute approximate surface area is 170 Å². The van der Waals surface area contributed by atoms with Crippen molar-refractivity contribution in [3.63, 3.8) is 0 Å². The molecule has 1 amide bonds. The first-order valence-corrected chi connectivity index (χ1v) is 10.7. The van der Waals surface area contributed by atoms with Gasteiger partial charge in [-0.3, -0.25) is 9.78 Å². The molecule has 30 heavy (non-hydrogen) atoms. The minimum Gasteiger partial charge on any atom is -0.392 e. The molecule has 0 fully saturated rings. The molecule has 2 atom stereocenters. The summed E-state index contributed by atoms with van der Waals surface area (Å²) in [6.45, 7) is 0. The van der Waals surface area contributed by atoms with Crippen molar-refractivity contribution in [1.82, 2.24) is 4.98 Å². The molecule has 160 valence electrons. The van der Waals surface area contributed by atoms with E-state index in [0.29, 0.717) is 16.8 Å². The van der Waals surface area contributed by atoms with Crippen LogP contribution in [0.15, 0.2) is 47.9 Å². The van der Waals surface area contributed by atoms with E-state index in [0.717, 1.165) is 12.5 Å². The maximum absolute atomic E-state index is 13.2. The summed E-state index contributed by atoms with van der Waals surface area (Å²) in [5, 5.41) is 2.54. The van der Waals surface area contributed by atoms with Crippen LogP contribution in [0.3, 0.4) is 0 Å². The number of primary amides is 1. The van der Waals surface area contributed by atoms with Crippen LogP contribution in [-0.4, -0.2) is 42.6 Å². The number of pyridine rings is 1. The molecule has 2 heterocycles. The van der Waals surface area contributed by atoms with Gasteiger partial charge in [-0.05, 0) is 22.8 Å². The van der Waals surface area contributed by atoms with E-state index in [1.807, 2.05) is 0 Å². The van der Waals surface area contributed by atoms with E-state index in [1.54, 1.807) is 12.1 Å². The number of hydrogen-bond donors (Lipinski definition) is 1. The first-order chi connectivity index (χ1) is 14.0. The largest absolute Gasteiger partial charge is 0.418 e. The van der Waals surface area contributed by atoms with Crippen molar-refractivity contribution in [2.24, 2.45) is 10.9 Å². The number of rotatable bonds is 6. The SMILES string of the molecule is CS(=O)(=O)C(C[C@H]1CC(c2ccc(-c3ccncc3C(F)(F)F)cc2)=NO1)C(N)=O. The molecule has 2 N–H and O–H groups in total. The Bertz CT molecular complexity index is 1080. The smallest absolute Gasteiger partial charge is 0.392 e. The number of benzene rings is 1. The van der Waals surface area contributed by atoms with Crippen molar-refractivity contribution in [3.05, 3.63) is 53.9 Å². The summed E-state index contributed by atoms with van der Waals surface area (Å²) >= 11 is 0. The summed E-state index contributed by atoms with van der Waals surface area (Å²) in [7, 11) is -3.69. The molecule has 0 radical (unpaired) electrons. The number of amides is 1. The summed E-state index contributed by atoms with van der Waals surface area (Å²) in [6.07, 6.45) is -2.09. The quantitative estimate of drug-likeness (QED) is 0.741. The highest BCUT2D eigenvalue weighted by atomic mass is 32.2. The van der Waals surface area contributed by atoms with Crippen LogP contribution in [0.1, 0.15) is 24.0 Å². The van der Waals surface area contributed by atoms with E-state index in [4.69, 9.17) is 10.6 Å². The second-order valence-corrected chi connectivity index (χ2v) is 9.15. The summed E-state index contributed by atoms with van der Waals surface area (Å²) < 4.78 is 63.0. The second-order valence-electron chi connectivity index (χ2n) is 6.92. The van der Waals surface area contributed by atoms with Crippen molar-refractivity contribution in [2.45, 2.75) is 30.4 Å². The van der Waals surface area contributed by atoms with Gasteiger partial charge in [0.15, 0.2) is 9.84 Å². The van der Waals surface area contributed by atoms with Gasteiger partial charge in [0, 0.05) is 31.5 Å². The number of carbonyl (C=O) groups excluding carboxylic acids is 1. The Morgan fingerprint density at radius 1 is 1.23 bits per heavy atom. The van der Waals surface area contributed by atoms with Gasteiger partial charge >= 0.3 is 6.18 Å². The van der Waals surface area contributed by atoms with Gasteiger partial charge in [0.2, 0.25) is 5.91 Å². The van der Waals surface area contributed by atoms with E-state index in [1.165, 1.54) is 24.4 Å².